The van der Waals surface area contributed by atoms with Crippen molar-refractivity contribution in [3.05, 3.63) is 102 Å². The van der Waals surface area contributed by atoms with Gasteiger partial charge in [-0.3, -0.25) is 14.6 Å². The van der Waals surface area contributed by atoms with Gasteiger partial charge in [-0.2, -0.15) is 0 Å². The topological polar surface area (TPSA) is 76.0 Å². The number of nitrogens with zero attached hydrogens (tertiary/aromatic N) is 2. The minimum absolute atomic E-state index is 0.157. The quantitative estimate of drug-likeness (QED) is 0.448. The van der Waals surface area contributed by atoms with E-state index in [9.17, 15) is 14.0 Å². The Morgan fingerprint density at radius 2 is 1.69 bits per heavy atom. The number of carbonyl (C=O) groups is 2. The number of benzene rings is 2. The highest BCUT2D eigenvalue weighted by molar-refractivity contribution is 5.99. The number of hydrogen-bond donors (Lipinski definition) is 2. The molecule has 0 aliphatic rings. The molecule has 0 radical (unpaired) electrons. The molecule has 7 heteroatoms. The number of para-hydroxylation sites is 1. The number of hydrogen-bond acceptors (Lipinski definition) is 3. The van der Waals surface area contributed by atoms with E-state index in [2.05, 4.69) is 15.6 Å². The first-order chi connectivity index (χ1) is 15.6. The summed E-state index contributed by atoms with van der Waals surface area (Å²) in [5, 5.41) is 6.52. The second-order valence-corrected chi connectivity index (χ2v) is 7.40. The first kappa shape index (κ1) is 21.2. The van der Waals surface area contributed by atoms with Gasteiger partial charge in [0.25, 0.3) is 5.91 Å². The van der Waals surface area contributed by atoms with E-state index in [-0.39, 0.29) is 37.1 Å². The third-order valence-electron chi connectivity index (χ3n) is 5.21. The zero-order chi connectivity index (χ0) is 22.3. The van der Waals surface area contributed by atoms with Gasteiger partial charge in [0, 0.05) is 48.4 Å². The number of fused-ring (bicyclic) bond motifs is 1. The summed E-state index contributed by atoms with van der Waals surface area (Å²) >= 11 is 0. The third kappa shape index (κ3) is 5.00. The molecule has 32 heavy (non-hydrogen) atoms. The van der Waals surface area contributed by atoms with Crippen LogP contribution in [0.4, 0.5) is 4.39 Å². The predicted octanol–water partition coefficient (Wildman–Crippen LogP) is 3.66. The van der Waals surface area contributed by atoms with Gasteiger partial charge in [0.15, 0.2) is 0 Å². The molecule has 2 aromatic heterocycles. The lowest BCUT2D eigenvalue weighted by Gasteiger charge is -2.12. The lowest BCUT2D eigenvalue weighted by Crippen LogP contribution is -2.31. The fourth-order valence-electron chi connectivity index (χ4n) is 3.54. The number of pyridine rings is 1. The van der Waals surface area contributed by atoms with Crippen molar-refractivity contribution < 1.29 is 14.0 Å². The van der Waals surface area contributed by atoms with Gasteiger partial charge in [0.1, 0.15) is 11.5 Å². The standard InChI is InChI=1S/C25H23FN4O2/c26-21-7-3-1-6-20(21)17-30-22-8-4-2-5-19(22)15-23(30)25(32)28-14-11-24(31)29-16-18-9-12-27-13-10-18/h1-10,12-13,15H,11,14,16-17H2,(H,28,32)(H,29,31). The molecule has 0 fully saturated rings. The van der Waals surface area contributed by atoms with Crippen molar-refractivity contribution in [2.75, 3.05) is 6.54 Å². The van der Waals surface area contributed by atoms with Crippen LogP contribution in [0, 0.1) is 5.82 Å². The first-order valence-electron chi connectivity index (χ1n) is 10.4. The normalized spacial score (nSPS) is 10.8. The maximum absolute atomic E-state index is 14.2. The highest BCUT2D eigenvalue weighted by Crippen LogP contribution is 2.22. The van der Waals surface area contributed by atoms with Crippen molar-refractivity contribution in [1.82, 2.24) is 20.2 Å². The molecule has 2 heterocycles. The van der Waals surface area contributed by atoms with Gasteiger partial charge in [0.2, 0.25) is 5.91 Å². The van der Waals surface area contributed by atoms with Crippen LogP contribution in [0.25, 0.3) is 10.9 Å². The minimum Gasteiger partial charge on any atom is -0.352 e. The molecule has 4 rings (SSSR count). The predicted molar refractivity (Wildman–Crippen MR) is 120 cm³/mol. The van der Waals surface area contributed by atoms with Crippen LogP contribution in [-0.2, 0) is 17.9 Å². The smallest absolute Gasteiger partial charge is 0.267 e. The van der Waals surface area contributed by atoms with E-state index < -0.39 is 0 Å². The van der Waals surface area contributed by atoms with Crippen LogP contribution in [0.3, 0.4) is 0 Å². The molecular formula is C25H23FN4O2. The maximum Gasteiger partial charge on any atom is 0.267 e. The van der Waals surface area contributed by atoms with Crippen LogP contribution in [0.5, 0.6) is 0 Å². The zero-order valence-electron chi connectivity index (χ0n) is 17.4. The van der Waals surface area contributed by atoms with Gasteiger partial charge < -0.3 is 15.2 Å². The van der Waals surface area contributed by atoms with Crippen molar-refractivity contribution >= 4 is 22.7 Å². The number of nitrogens with one attached hydrogen (secondary N) is 2. The fourth-order valence-corrected chi connectivity index (χ4v) is 3.54. The van der Waals surface area contributed by atoms with E-state index in [0.29, 0.717) is 17.8 Å². The number of rotatable bonds is 8. The second kappa shape index (κ2) is 9.87. The molecule has 6 nitrogen and oxygen atoms in total. The summed E-state index contributed by atoms with van der Waals surface area (Å²) in [5.74, 6) is -0.781. The number of amides is 2. The Labute approximate surface area is 185 Å². The highest BCUT2D eigenvalue weighted by Gasteiger charge is 2.17. The third-order valence-corrected chi connectivity index (χ3v) is 5.21. The largest absolute Gasteiger partial charge is 0.352 e. The fraction of sp³-hybridized carbons (Fsp3) is 0.160. The number of carbonyl (C=O) groups excluding carboxylic acids is 2. The molecule has 0 aliphatic heterocycles. The van der Waals surface area contributed by atoms with Gasteiger partial charge in [-0.1, -0.05) is 36.4 Å². The number of halogens is 1. The molecule has 0 spiro atoms. The Kier molecular flexibility index (Phi) is 6.55. The average Bonchev–Trinajstić information content (AvgIpc) is 3.18. The van der Waals surface area contributed by atoms with E-state index in [1.807, 2.05) is 36.4 Å². The van der Waals surface area contributed by atoms with Gasteiger partial charge >= 0.3 is 0 Å². The molecule has 4 aromatic rings. The minimum atomic E-state index is -0.317. The van der Waals surface area contributed by atoms with Crippen LogP contribution in [0.1, 0.15) is 28.0 Å². The van der Waals surface area contributed by atoms with Crippen molar-refractivity contribution in [3.63, 3.8) is 0 Å². The molecule has 0 saturated carbocycles. The van der Waals surface area contributed by atoms with Gasteiger partial charge in [-0.05, 0) is 35.9 Å². The molecule has 2 N–H and O–H groups in total. The summed E-state index contributed by atoms with van der Waals surface area (Å²) in [6.07, 6.45) is 3.49. The van der Waals surface area contributed by atoms with E-state index in [1.54, 1.807) is 41.2 Å². The summed E-state index contributed by atoms with van der Waals surface area (Å²) in [6.45, 7) is 0.837. The Balaban J connectivity index is 1.42. The van der Waals surface area contributed by atoms with Gasteiger partial charge in [-0.25, -0.2) is 4.39 Å². The van der Waals surface area contributed by atoms with Gasteiger partial charge in [0.05, 0.1) is 6.54 Å². The van der Waals surface area contributed by atoms with Crippen LogP contribution < -0.4 is 10.6 Å². The molecule has 2 aromatic carbocycles. The molecule has 0 saturated heterocycles. The molecule has 0 aliphatic carbocycles. The Morgan fingerprint density at radius 1 is 0.938 bits per heavy atom. The lowest BCUT2D eigenvalue weighted by atomic mass is 10.2. The van der Waals surface area contributed by atoms with Crippen molar-refractivity contribution in [3.8, 4) is 0 Å². The summed E-state index contributed by atoms with van der Waals surface area (Å²) < 4.78 is 16.0. The molecule has 2 amide bonds. The van der Waals surface area contributed by atoms with Crippen LogP contribution in [0.15, 0.2) is 79.1 Å². The number of aromatic nitrogens is 2. The molecule has 0 atom stereocenters. The van der Waals surface area contributed by atoms with E-state index in [4.69, 9.17) is 0 Å². The average molecular weight is 430 g/mol. The summed E-state index contributed by atoms with van der Waals surface area (Å²) in [4.78, 5) is 28.9. The van der Waals surface area contributed by atoms with Crippen molar-refractivity contribution in [1.29, 1.82) is 0 Å². The SMILES string of the molecule is O=C(CCNC(=O)c1cc2ccccc2n1Cc1ccccc1F)NCc1ccncc1. The second-order valence-electron chi connectivity index (χ2n) is 7.40. The van der Waals surface area contributed by atoms with Crippen molar-refractivity contribution in [2.45, 2.75) is 19.5 Å². The van der Waals surface area contributed by atoms with Crippen LogP contribution in [0.2, 0.25) is 0 Å². The highest BCUT2D eigenvalue weighted by atomic mass is 19.1. The van der Waals surface area contributed by atoms with Crippen LogP contribution in [-0.4, -0.2) is 27.9 Å². The Hall–Kier alpha value is -4.00. The monoisotopic (exact) mass is 430 g/mol. The van der Waals surface area contributed by atoms with E-state index >= 15 is 0 Å². The van der Waals surface area contributed by atoms with Crippen LogP contribution >= 0.6 is 0 Å². The zero-order valence-corrected chi connectivity index (χ0v) is 17.4. The molecule has 0 bridgehead atoms. The van der Waals surface area contributed by atoms with E-state index in [1.165, 1.54) is 6.07 Å². The molecule has 162 valence electrons. The molecule has 0 unspecified atom stereocenters. The van der Waals surface area contributed by atoms with Gasteiger partial charge in [-0.15, -0.1) is 0 Å². The summed E-state index contributed by atoms with van der Waals surface area (Å²) in [5.41, 5.74) is 2.72. The summed E-state index contributed by atoms with van der Waals surface area (Å²) in [6, 6.07) is 19.6. The Bertz CT molecular complexity index is 1240. The lowest BCUT2D eigenvalue weighted by molar-refractivity contribution is -0.121. The Morgan fingerprint density at radius 3 is 2.50 bits per heavy atom. The van der Waals surface area contributed by atoms with Crippen molar-refractivity contribution in [2.24, 2.45) is 0 Å². The summed E-state index contributed by atoms with van der Waals surface area (Å²) in [7, 11) is 0. The first-order valence-corrected chi connectivity index (χ1v) is 10.4. The maximum atomic E-state index is 14.2. The van der Waals surface area contributed by atoms with E-state index in [0.717, 1.165) is 16.5 Å². The molecular weight excluding hydrogens is 407 g/mol.